The van der Waals surface area contributed by atoms with Gasteiger partial charge in [-0.2, -0.15) is 0 Å². The van der Waals surface area contributed by atoms with Crippen LogP contribution in [0.5, 0.6) is 0 Å². The van der Waals surface area contributed by atoms with E-state index in [4.69, 9.17) is 0 Å². The minimum atomic E-state index is 0.229. The lowest BCUT2D eigenvalue weighted by atomic mass is 10.1. The summed E-state index contributed by atoms with van der Waals surface area (Å²) in [5.74, 6) is 0.229. The number of carbonyl (C=O) groups is 1. The zero-order valence-corrected chi connectivity index (χ0v) is 18.7. The third kappa shape index (κ3) is 16.1. The molecule has 4 nitrogen and oxygen atoms in total. The highest BCUT2D eigenvalue weighted by Crippen LogP contribution is 2.09. The molecule has 28 heavy (non-hydrogen) atoms. The molecule has 0 aromatic heterocycles. The number of rotatable bonds is 18. The fourth-order valence-corrected chi connectivity index (χ4v) is 3.73. The topological polar surface area (TPSA) is 44.4 Å². The molecule has 0 radical (unpaired) electrons. The lowest BCUT2D eigenvalue weighted by Crippen LogP contribution is -2.46. The second kappa shape index (κ2) is 19.4. The van der Waals surface area contributed by atoms with Crippen LogP contribution in [0.2, 0.25) is 0 Å². The zero-order chi connectivity index (χ0) is 20.1. The van der Waals surface area contributed by atoms with Crippen molar-refractivity contribution in [3.8, 4) is 0 Å². The molecule has 2 N–H and O–H groups in total. The first-order chi connectivity index (χ1) is 13.8. The Hall–Kier alpha value is -0.870. The van der Waals surface area contributed by atoms with Gasteiger partial charge in [0.2, 0.25) is 5.91 Å². The summed E-state index contributed by atoms with van der Waals surface area (Å²) in [7, 11) is 0. The molecule has 4 heteroatoms. The van der Waals surface area contributed by atoms with Gasteiger partial charge in [0, 0.05) is 45.7 Å². The molecule has 0 aliphatic carbocycles. The van der Waals surface area contributed by atoms with Crippen LogP contribution in [0.3, 0.4) is 0 Å². The highest BCUT2D eigenvalue weighted by molar-refractivity contribution is 5.75. The van der Waals surface area contributed by atoms with E-state index in [0.717, 1.165) is 45.7 Å². The van der Waals surface area contributed by atoms with E-state index < -0.39 is 0 Å². The number of nitrogens with zero attached hydrogens (tertiary/aromatic N) is 1. The molecule has 1 amide bonds. The Balaban J connectivity index is 1.77. The van der Waals surface area contributed by atoms with Crippen molar-refractivity contribution in [1.29, 1.82) is 0 Å². The first kappa shape index (κ1) is 25.2. The van der Waals surface area contributed by atoms with Crippen LogP contribution in [0.25, 0.3) is 0 Å². The molecule has 0 spiro atoms. The summed E-state index contributed by atoms with van der Waals surface area (Å²) in [6.07, 6.45) is 22.3. The van der Waals surface area contributed by atoms with Crippen molar-refractivity contribution >= 4 is 5.91 Å². The maximum absolute atomic E-state index is 11.9. The number of nitrogens with one attached hydrogen (secondary N) is 2. The fourth-order valence-electron chi connectivity index (χ4n) is 3.73. The number of allylic oxidation sites excluding steroid dienone is 2. The summed E-state index contributed by atoms with van der Waals surface area (Å²) < 4.78 is 0. The summed E-state index contributed by atoms with van der Waals surface area (Å²) >= 11 is 0. The average Bonchev–Trinajstić information content (AvgIpc) is 2.71. The molecule has 0 atom stereocenters. The number of hydrogen-bond donors (Lipinski definition) is 2. The molecule has 0 aromatic rings. The number of amides is 1. The standard InChI is InChI=1S/C24H47N3O/c1-2-3-4-5-6-7-8-9-10-11-12-13-14-15-16-17-24(28)26-20-23-27-21-18-25-19-22-27/h9-10,25H,2-8,11-23H2,1H3,(H,26,28)/b10-9-. The van der Waals surface area contributed by atoms with Gasteiger partial charge in [0.1, 0.15) is 0 Å². The third-order valence-electron chi connectivity index (χ3n) is 5.63. The van der Waals surface area contributed by atoms with Crippen molar-refractivity contribution in [2.75, 3.05) is 39.3 Å². The molecular formula is C24H47N3O. The molecule has 1 aliphatic heterocycles. The fraction of sp³-hybridized carbons (Fsp3) is 0.875. The summed E-state index contributed by atoms with van der Waals surface area (Å²) in [4.78, 5) is 14.3. The lowest BCUT2D eigenvalue weighted by Gasteiger charge is -2.27. The van der Waals surface area contributed by atoms with E-state index in [2.05, 4.69) is 34.6 Å². The van der Waals surface area contributed by atoms with E-state index in [1.54, 1.807) is 0 Å². The van der Waals surface area contributed by atoms with Crippen molar-refractivity contribution in [3.63, 3.8) is 0 Å². The van der Waals surface area contributed by atoms with Crippen LogP contribution in [0.15, 0.2) is 12.2 Å². The van der Waals surface area contributed by atoms with E-state index in [0.29, 0.717) is 6.42 Å². The Labute approximate surface area is 174 Å². The quantitative estimate of drug-likeness (QED) is 0.253. The van der Waals surface area contributed by atoms with Gasteiger partial charge >= 0.3 is 0 Å². The van der Waals surface area contributed by atoms with Crippen LogP contribution < -0.4 is 10.6 Å². The molecule has 0 saturated carbocycles. The summed E-state index contributed by atoms with van der Waals surface area (Å²) in [6, 6.07) is 0. The molecule has 164 valence electrons. The lowest BCUT2D eigenvalue weighted by molar-refractivity contribution is -0.121. The third-order valence-corrected chi connectivity index (χ3v) is 5.63. The Bertz CT molecular complexity index is 378. The van der Waals surface area contributed by atoms with Crippen molar-refractivity contribution < 1.29 is 4.79 Å². The predicted molar refractivity (Wildman–Crippen MR) is 122 cm³/mol. The summed E-state index contributed by atoms with van der Waals surface area (Å²) in [5, 5.41) is 6.42. The van der Waals surface area contributed by atoms with Crippen LogP contribution in [0.4, 0.5) is 0 Å². The number of carbonyl (C=O) groups excluding carboxylic acids is 1. The number of piperazine rings is 1. The number of unbranched alkanes of at least 4 members (excludes halogenated alkanes) is 11. The average molecular weight is 394 g/mol. The highest BCUT2D eigenvalue weighted by Gasteiger charge is 2.09. The van der Waals surface area contributed by atoms with Gasteiger partial charge in [0.25, 0.3) is 0 Å². The molecule has 1 heterocycles. The second-order valence-corrected chi connectivity index (χ2v) is 8.28. The van der Waals surface area contributed by atoms with E-state index in [1.165, 1.54) is 77.0 Å². The van der Waals surface area contributed by atoms with Crippen molar-refractivity contribution in [2.45, 2.75) is 96.8 Å². The highest BCUT2D eigenvalue weighted by atomic mass is 16.1. The van der Waals surface area contributed by atoms with Gasteiger partial charge in [-0.1, -0.05) is 70.4 Å². The normalized spacial score (nSPS) is 15.3. The van der Waals surface area contributed by atoms with Crippen LogP contribution in [-0.4, -0.2) is 50.1 Å². The first-order valence-electron chi connectivity index (χ1n) is 12.2. The smallest absolute Gasteiger partial charge is 0.220 e. The molecule has 1 aliphatic rings. The Morgan fingerprint density at radius 2 is 1.43 bits per heavy atom. The first-order valence-corrected chi connectivity index (χ1v) is 12.2. The molecule has 0 bridgehead atoms. The van der Waals surface area contributed by atoms with Gasteiger partial charge in [-0.25, -0.2) is 0 Å². The minimum absolute atomic E-state index is 0.229. The van der Waals surface area contributed by atoms with Gasteiger partial charge in [-0.15, -0.1) is 0 Å². The molecule has 1 rings (SSSR count). The SMILES string of the molecule is CCCCCCCC/C=C\CCCCCCCC(=O)NCCN1CCNCC1. The Kier molecular flexibility index (Phi) is 17.5. The molecule has 0 unspecified atom stereocenters. The van der Waals surface area contributed by atoms with E-state index in [9.17, 15) is 4.79 Å². The monoisotopic (exact) mass is 393 g/mol. The van der Waals surface area contributed by atoms with Crippen molar-refractivity contribution in [1.82, 2.24) is 15.5 Å². The predicted octanol–water partition coefficient (Wildman–Crippen LogP) is 5.05. The Morgan fingerprint density at radius 1 is 0.857 bits per heavy atom. The molecule has 0 aromatic carbocycles. The van der Waals surface area contributed by atoms with E-state index >= 15 is 0 Å². The molecule has 1 saturated heterocycles. The minimum Gasteiger partial charge on any atom is -0.355 e. The van der Waals surface area contributed by atoms with E-state index in [1.807, 2.05) is 0 Å². The second-order valence-electron chi connectivity index (χ2n) is 8.28. The maximum Gasteiger partial charge on any atom is 0.220 e. The Morgan fingerprint density at radius 3 is 2.07 bits per heavy atom. The van der Waals surface area contributed by atoms with Gasteiger partial charge in [-0.3, -0.25) is 9.69 Å². The van der Waals surface area contributed by atoms with Gasteiger partial charge in [0.15, 0.2) is 0 Å². The summed E-state index contributed by atoms with van der Waals surface area (Å²) in [5.41, 5.74) is 0. The maximum atomic E-state index is 11.9. The van der Waals surface area contributed by atoms with Crippen LogP contribution in [0.1, 0.15) is 96.8 Å². The molecular weight excluding hydrogens is 346 g/mol. The zero-order valence-electron chi connectivity index (χ0n) is 18.7. The number of hydrogen-bond acceptors (Lipinski definition) is 3. The molecule has 1 fully saturated rings. The van der Waals surface area contributed by atoms with Crippen molar-refractivity contribution in [3.05, 3.63) is 12.2 Å². The summed E-state index contributed by atoms with van der Waals surface area (Å²) in [6.45, 7) is 8.40. The van der Waals surface area contributed by atoms with Crippen LogP contribution in [0, 0.1) is 0 Å². The van der Waals surface area contributed by atoms with Gasteiger partial charge in [-0.05, 0) is 32.1 Å². The van der Waals surface area contributed by atoms with Crippen LogP contribution in [-0.2, 0) is 4.79 Å². The van der Waals surface area contributed by atoms with Gasteiger partial charge < -0.3 is 10.6 Å². The van der Waals surface area contributed by atoms with Crippen molar-refractivity contribution in [2.24, 2.45) is 0 Å². The van der Waals surface area contributed by atoms with Gasteiger partial charge in [0.05, 0.1) is 0 Å². The van der Waals surface area contributed by atoms with E-state index in [-0.39, 0.29) is 5.91 Å². The largest absolute Gasteiger partial charge is 0.355 e. The van der Waals surface area contributed by atoms with Crippen LogP contribution >= 0.6 is 0 Å².